The summed E-state index contributed by atoms with van der Waals surface area (Å²) in [6, 6.07) is 19.4. The van der Waals surface area contributed by atoms with Crippen molar-refractivity contribution in [3.05, 3.63) is 119 Å². The van der Waals surface area contributed by atoms with Crippen LogP contribution in [0, 0.1) is 30.6 Å². The Balaban J connectivity index is 0.000000177. The van der Waals surface area contributed by atoms with Crippen LogP contribution in [0.15, 0.2) is 107 Å². The Morgan fingerprint density at radius 2 is 1.22 bits per heavy atom. The predicted octanol–water partition coefficient (Wildman–Crippen LogP) is 5.25. The number of halogens is 1. The first-order chi connectivity index (χ1) is 18.7. The summed E-state index contributed by atoms with van der Waals surface area (Å²) in [7, 11) is -8.04. The van der Waals surface area contributed by atoms with E-state index in [1.165, 1.54) is 24.3 Å². The van der Waals surface area contributed by atoms with Crippen molar-refractivity contribution >= 4 is 64.9 Å². The Morgan fingerprint density at radius 3 is 1.66 bits per heavy atom. The van der Waals surface area contributed by atoms with E-state index < -0.39 is 20.2 Å². The maximum atomic E-state index is 12.4. The van der Waals surface area contributed by atoms with E-state index in [0.29, 0.717) is 16.7 Å². The molecular weight excluding hydrogens is 780 g/mol. The van der Waals surface area contributed by atoms with Gasteiger partial charge in [0.1, 0.15) is 28.6 Å². The normalized spacial score (nSPS) is 19.2. The third kappa shape index (κ3) is 7.67. The van der Waals surface area contributed by atoms with Crippen molar-refractivity contribution in [1.29, 1.82) is 0 Å². The Hall–Kier alpha value is -2.49. The number of para-hydroxylation sites is 1. The standard InChI is InChI=1S/C15H10ClO2.2C7H8O3S.Tl/c16-9-5-7-15(8-6-9)12-13(17)10-3-1-2-4-11(10)18-14(12)15;2*1-6-2-4-7(5-3-6)11(8,9)10;/h1-8,12,14H;2*2-5H,1H3,(H,8,9,10);/q+1;;;/t12-,14+;;;/m0.../s1. The van der Waals surface area contributed by atoms with Crippen LogP contribution < -0.4 is 4.74 Å². The molecule has 1 aliphatic heterocycles. The molecule has 0 amide bonds. The minimum absolute atomic E-state index is 0. The topological polar surface area (TPSA) is 135 Å². The van der Waals surface area contributed by atoms with E-state index in [9.17, 15) is 21.6 Å². The number of hydrogen-bond acceptors (Lipinski definition) is 6. The number of ketones is 1. The summed E-state index contributed by atoms with van der Waals surface area (Å²) in [5.74, 6) is 0.780. The van der Waals surface area contributed by atoms with Gasteiger partial charge in [0.25, 0.3) is 20.2 Å². The molecule has 1 fully saturated rings. The van der Waals surface area contributed by atoms with Gasteiger partial charge in [-0.1, -0.05) is 47.5 Å². The number of aryl methyl sites for hydroxylation is 2. The zero-order chi connectivity index (χ0) is 29.3. The largest absolute Gasteiger partial charge is 0.485 e. The molecule has 0 aromatic heterocycles. The second-order valence-corrected chi connectivity index (χ2v) is 12.8. The number of fused-ring (bicyclic) bond motifs is 4. The second-order valence-electron chi connectivity index (χ2n) is 9.50. The van der Waals surface area contributed by atoms with E-state index in [-0.39, 0.29) is 60.3 Å². The summed E-state index contributed by atoms with van der Waals surface area (Å²) in [6.07, 6.45) is 7.61. The molecule has 6 rings (SSSR count). The average molecular weight is 806 g/mol. The van der Waals surface area contributed by atoms with Crippen LogP contribution in [0.3, 0.4) is 0 Å². The van der Waals surface area contributed by atoms with E-state index in [1.807, 2.05) is 62.4 Å². The molecule has 211 valence electrons. The van der Waals surface area contributed by atoms with Crippen LogP contribution in [-0.2, 0) is 20.2 Å². The van der Waals surface area contributed by atoms with E-state index in [4.69, 9.17) is 25.4 Å². The maximum absolute atomic E-state index is 12.4. The Labute approximate surface area is 264 Å². The molecule has 1 heterocycles. The van der Waals surface area contributed by atoms with E-state index >= 15 is 0 Å². The molecule has 0 bridgehead atoms. The number of rotatable bonds is 2. The van der Waals surface area contributed by atoms with Gasteiger partial charge in [-0.2, -0.15) is 16.8 Å². The van der Waals surface area contributed by atoms with Gasteiger partial charge in [-0.3, -0.25) is 13.9 Å². The number of allylic oxidation sites excluding steroid dienone is 2. The minimum atomic E-state index is -4.02. The molecule has 2 N–H and O–H groups in total. The molecule has 1 saturated carbocycles. The van der Waals surface area contributed by atoms with Crippen LogP contribution in [0.1, 0.15) is 21.5 Å². The number of carbonyl (C=O) groups is 1. The fourth-order valence-corrected chi connectivity index (χ4v) is 5.47. The van der Waals surface area contributed by atoms with Crippen LogP contribution >= 0.6 is 11.6 Å². The van der Waals surface area contributed by atoms with Gasteiger partial charge < -0.3 is 4.74 Å². The van der Waals surface area contributed by atoms with Gasteiger partial charge in [-0.05, 0) is 61.8 Å². The quantitative estimate of drug-likeness (QED) is 0.204. The van der Waals surface area contributed by atoms with Gasteiger partial charge in [0.15, 0.2) is 5.78 Å². The fraction of sp³-hybridized carbons (Fsp3) is 0.172. The van der Waals surface area contributed by atoms with Gasteiger partial charge in [0.2, 0.25) is 0 Å². The zero-order valence-electron chi connectivity index (χ0n) is 22.0. The molecule has 2 aliphatic carbocycles. The van der Waals surface area contributed by atoms with Crippen molar-refractivity contribution in [2.45, 2.75) is 29.7 Å². The Kier molecular flexibility index (Phi) is 10.3. The molecule has 3 aromatic rings. The average Bonchev–Trinajstić information content (AvgIpc) is 3.52. The minimum Gasteiger partial charge on any atom is -0.485 e. The van der Waals surface area contributed by atoms with Crippen molar-refractivity contribution < 1.29 is 35.5 Å². The zero-order valence-corrected chi connectivity index (χ0v) is 28.9. The van der Waals surface area contributed by atoms with Crippen LogP contribution in [0.2, 0.25) is 0 Å². The molecule has 41 heavy (non-hydrogen) atoms. The summed E-state index contributed by atoms with van der Waals surface area (Å²) < 4.78 is 65.0. The first kappa shape index (κ1) is 33.0. The van der Waals surface area contributed by atoms with E-state index in [2.05, 4.69) is 0 Å². The molecular formula is C29H26ClO8S2Tl+. The third-order valence-corrected chi connectivity index (χ3v) is 8.60. The molecule has 8 nitrogen and oxygen atoms in total. The molecule has 3 aromatic carbocycles. The van der Waals surface area contributed by atoms with Crippen LogP contribution in [0.25, 0.3) is 0 Å². The number of Topliss-reactive ketones (excluding diaryl/α,β-unsaturated/α-hetero) is 1. The van der Waals surface area contributed by atoms with Gasteiger partial charge in [-0.25, -0.2) is 0 Å². The number of benzene rings is 3. The summed E-state index contributed by atoms with van der Waals surface area (Å²) in [5, 5.41) is 0.689. The smallest absolute Gasteiger partial charge is 0.294 e. The summed E-state index contributed by atoms with van der Waals surface area (Å²) in [4.78, 5) is 12.3. The first-order valence-corrected chi connectivity index (χ1v) is 15.3. The fourth-order valence-electron chi connectivity index (χ4n) is 4.38. The molecule has 0 saturated heterocycles. The van der Waals surface area contributed by atoms with Crippen molar-refractivity contribution in [1.82, 2.24) is 0 Å². The van der Waals surface area contributed by atoms with Crippen LogP contribution in [0.5, 0.6) is 5.75 Å². The van der Waals surface area contributed by atoms with Gasteiger partial charge >= 0.3 is 0 Å². The van der Waals surface area contributed by atoms with Gasteiger partial charge in [0, 0.05) is 39.5 Å². The van der Waals surface area contributed by atoms with Crippen molar-refractivity contribution in [3.8, 4) is 5.75 Å². The van der Waals surface area contributed by atoms with E-state index in [0.717, 1.165) is 11.1 Å². The van der Waals surface area contributed by atoms with Crippen molar-refractivity contribution in [2.24, 2.45) is 11.3 Å². The first-order valence-electron chi connectivity index (χ1n) is 12.0. The summed E-state index contributed by atoms with van der Waals surface area (Å²) >= 11 is 5.91. The summed E-state index contributed by atoms with van der Waals surface area (Å²) in [6.45, 7) is 3.68. The van der Waals surface area contributed by atoms with Crippen molar-refractivity contribution in [3.63, 3.8) is 0 Å². The second kappa shape index (κ2) is 12.8. The number of ether oxygens (including phenoxy) is 1. The third-order valence-electron chi connectivity index (χ3n) is 6.61. The molecule has 1 spiro atoms. The Morgan fingerprint density at radius 1 is 0.780 bits per heavy atom. The SMILES string of the molecule is Cc1ccc(S(=O)(=O)O)cc1.Cc1ccc(S(=O)(=O)O)cc1.O=C1c2ccccc2O[C@@H]2[C@H]1C21C=C[C+](Cl)C=C1.[Tl]. The number of hydrogen-bond donors (Lipinski definition) is 2. The number of carbonyl (C=O) groups excluding carboxylic acids is 1. The molecule has 0 unspecified atom stereocenters. The summed E-state index contributed by atoms with van der Waals surface area (Å²) in [5.41, 5.74) is 2.32. The van der Waals surface area contributed by atoms with Crippen molar-refractivity contribution in [2.75, 3.05) is 0 Å². The molecule has 1 radical (unpaired) electrons. The monoisotopic (exact) mass is 806 g/mol. The molecule has 3 aliphatic rings. The van der Waals surface area contributed by atoms with E-state index in [1.54, 1.807) is 24.3 Å². The van der Waals surface area contributed by atoms with Gasteiger partial charge in [-0.15, -0.1) is 0 Å². The molecule has 2 atom stereocenters. The van der Waals surface area contributed by atoms with Gasteiger partial charge in [0.05, 0.1) is 27.5 Å². The van der Waals surface area contributed by atoms with Crippen LogP contribution in [-0.4, -0.2) is 65.1 Å². The van der Waals surface area contributed by atoms with Crippen LogP contribution in [0.4, 0.5) is 0 Å². The predicted molar refractivity (Wildman–Crippen MR) is 156 cm³/mol. The molecule has 12 heteroatoms. The maximum Gasteiger partial charge on any atom is 0.294 e. The Bertz CT molecular complexity index is 1600.